The minimum absolute atomic E-state index is 0.111. The Morgan fingerprint density at radius 1 is 0.655 bits per heavy atom. The van der Waals surface area contributed by atoms with Crippen LogP contribution in [0, 0.1) is 0 Å². The van der Waals surface area contributed by atoms with Gasteiger partial charge in [-0.15, -0.1) is 21.5 Å². The van der Waals surface area contributed by atoms with Crippen LogP contribution in [0.15, 0.2) is 0 Å². The van der Waals surface area contributed by atoms with Crippen molar-refractivity contribution in [2.24, 2.45) is 0 Å². The van der Waals surface area contributed by atoms with E-state index in [-0.39, 0.29) is 24.8 Å². The molecular weight excluding hydrogens is 388 g/mol. The van der Waals surface area contributed by atoms with Crippen LogP contribution in [0.5, 0.6) is 0 Å². The van der Waals surface area contributed by atoms with E-state index in [1.54, 1.807) is 0 Å². The topological polar surface area (TPSA) is 78.4 Å². The summed E-state index contributed by atoms with van der Waals surface area (Å²) >= 11 is 1.27. The van der Waals surface area contributed by atoms with Gasteiger partial charge in [-0.25, -0.2) is 0 Å². The second kappa shape index (κ2) is 17.4. The Kier molecular flexibility index (Phi) is 15.3. The maximum Gasteiger partial charge on any atom is 0.312 e. The highest BCUT2D eigenvalue weighted by molar-refractivity contribution is 7.11. The fourth-order valence-corrected chi connectivity index (χ4v) is 3.73. The van der Waals surface area contributed by atoms with Crippen molar-refractivity contribution in [3.63, 3.8) is 0 Å². The molecule has 0 saturated carbocycles. The molecule has 1 rings (SSSR count). The minimum Gasteiger partial charge on any atom is -0.465 e. The lowest BCUT2D eigenvalue weighted by Crippen LogP contribution is -2.09. The first-order valence-electron chi connectivity index (χ1n) is 11.3. The number of carbonyl (C=O) groups is 2. The van der Waals surface area contributed by atoms with Crippen LogP contribution in [0.2, 0.25) is 0 Å². The molecule has 0 fully saturated rings. The van der Waals surface area contributed by atoms with Gasteiger partial charge in [0.05, 0.1) is 26.1 Å². The lowest BCUT2D eigenvalue weighted by Gasteiger charge is -2.03. The maximum atomic E-state index is 11.9. The van der Waals surface area contributed by atoms with Crippen LogP contribution in [0.1, 0.15) is 101 Å². The van der Waals surface area contributed by atoms with Crippen LogP contribution in [0.3, 0.4) is 0 Å². The average molecular weight is 427 g/mol. The van der Waals surface area contributed by atoms with Gasteiger partial charge in [0.1, 0.15) is 10.0 Å². The molecule has 1 heterocycles. The standard InChI is InChI=1S/C22H38N2O4S/c1-3-5-7-9-11-13-15-27-21(25)17-19-23-24-20(29-19)18-22(26)28-16-14-12-10-8-6-4-2/h3-18H2,1-2H3. The van der Waals surface area contributed by atoms with Crippen molar-refractivity contribution in [3.05, 3.63) is 10.0 Å². The summed E-state index contributed by atoms with van der Waals surface area (Å²) in [6.07, 6.45) is 14.1. The minimum atomic E-state index is -0.285. The summed E-state index contributed by atoms with van der Waals surface area (Å²) in [7, 11) is 0. The lowest BCUT2D eigenvalue weighted by molar-refractivity contribution is -0.143. The number of hydrogen-bond donors (Lipinski definition) is 0. The Labute approximate surface area is 179 Å². The Hall–Kier alpha value is -1.50. The van der Waals surface area contributed by atoms with Crippen molar-refractivity contribution in [2.45, 2.75) is 104 Å². The zero-order valence-corrected chi connectivity index (χ0v) is 19.1. The third kappa shape index (κ3) is 14.2. The molecular formula is C22H38N2O4S. The van der Waals surface area contributed by atoms with Crippen LogP contribution in [-0.4, -0.2) is 35.3 Å². The molecule has 0 saturated heterocycles. The number of rotatable bonds is 18. The van der Waals surface area contributed by atoms with Crippen LogP contribution in [0.4, 0.5) is 0 Å². The number of esters is 2. The molecule has 1 aromatic rings. The Bertz CT molecular complexity index is 516. The second-order valence-electron chi connectivity index (χ2n) is 7.42. The van der Waals surface area contributed by atoms with Gasteiger partial charge in [0, 0.05) is 0 Å². The quantitative estimate of drug-likeness (QED) is 0.230. The van der Waals surface area contributed by atoms with E-state index in [0.717, 1.165) is 25.7 Å². The van der Waals surface area contributed by atoms with Crippen LogP contribution in [-0.2, 0) is 31.9 Å². The SMILES string of the molecule is CCCCCCCCOC(=O)Cc1nnc(CC(=O)OCCCCCCCC)s1. The molecule has 7 heteroatoms. The van der Waals surface area contributed by atoms with Gasteiger partial charge >= 0.3 is 11.9 Å². The van der Waals surface area contributed by atoms with Gasteiger partial charge in [0.15, 0.2) is 0 Å². The summed E-state index contributed by atoms with van der Waals surface area (Å²) < 4.78 is 10.5. The highest BCUT2D eigenvalue weighted by Gasteiger charge is 2.13. The Morgan fingerprint density at radius 2 is 1.03 bits per heavy atom. The molecule has 0 aliphatic carbocycles. The van der Waals surface area contributed by atoms with Crippen molar-refractivity contribution in [3.8, 4) is 0 Å². The number of nitrogens with zero attached hydrogens (tertiary/aromatic N) is 2. The van der Waals surface area contributed by atoms with E-state index in [9.17, 15) is 9.59 Å². The lowest BCUT2D eigenvalue weighted by atomic mass is 10.1. The zero-order valence-electron chi connectivity index (χ0n) is 18.2. The first-order chi connectivity index (χ1) is 14.2. The Balaban J connectivity index is 2.10. The van der Waals surface area contributed by atoms with Crippen LogP contribution < -0.4 is 0 Å². The van der Waals surface area contributed by atoms with E-state index in [0.29, 0.717) is 23.2 Å². The molecule has 0 amide bonds. The van der Waals surface area contributed by atoms with E-state index in [1.165, 1.54) is 62.7 Å². The van der Waals surface area contributed by atoms with E-state index >= 15 is 0 Å². The van der Waals surface area contributed by atoms with E-state index < -0.39 is 0 Å². The van der Waals surface area contributed by atoms with E-state index in [1.807, 2.05) is 0 Å². The second-order valence-corrected chi connectivity index (χ2v) is 8.57. The largest absolute Gasteiger partial charge is 0.465 e. The number of unbranched alkanes of at least 4 members (excludes halogenated alkanes) is 10. The van der Waals surface area contributed by atoms with E-state index in [2.05, 4.69) is 24.0 Å². The molecule has 0 atom stereocenters. The van der Waals surface area contributed by atoms with Gasteiger partial charge in [-0.2, -0.15) is 0 Å². The molecule has 0 aromatic carbocycles. The molecule has 166 valence electrons. The predicted octanol–water partition coefficient (Wildman–Crippen LogP) is 5.43. The van der Waals surface area contributed by atoms with Gasteiger partial charge in [0.2, 0.25) is 0 Å². The van der Waals surface area contributed by atoms with E-state index in [4.69, 9.17) is 9.47 Å². The third-order valence-corrected chi connectivity index (χ3v) is 5.54. The number of aromatic nitrogens is 2. The fourth-order valence-electron chi connectivity index (χ4n) is 2.92. The summed E-state index contributed by atoms with van der Waals surface area (Å²) in [6, 6.07) is 0. The molecule has 0 radical (unpaired) electrons. The fraction of sp³-hybridized carbons (Fsp3) is 0.818. The number of hydrogen-bond acceptors (Lipinski definition) is 7. The number of carbonyl (C=O) groups excluding carboxylic acids is 2. The summed E-state index contributed by atoms with van der Waals surface area (Å²) in [4.78, 5) is 23.7. The molecule has 6 nitrogen and oxygen atoms in total. The summed E-state index contributed by atoms with van der Waals surface area (Å²) in [5.41, 5.74) is 0. The summed E-state index contributed by atoms with van der Waals surface area (Å²) in [6.45, 7) is 5.31. The number of ether oxygens (including phenoxy) is 2. The zero-order chi connectivity index (χ0) is 21.2. The molecule has 0 spiro atoms. The van der Waals surface area contributed by atoms with Crippen LogP contribution >= 0.6 is 11.3 Å². The smallest absolute Gasteiger partial charge is 0.312 e. The van der Waals surface area contributed by atoms with Crippen LogP contribution in [0.25, 0.3) is 0 Å². The van der Waals surface area contributed by atoms with Gasteiger partial charge < -0.3 is 9.47 Å². The molecule has 0 unspecified atom stereocenters. The highest BCUT2D eigenvalue weighted by Crippen LogP contribution is 2.13. The summed E-state index contributed by atoms with van der Waals surface area (Å²) in [5, 5.41) is 9.13. The van der Waals surface area contributed by atoms with Gasteiger partial charge in [-0.1, -0.05) is 78.1 Å². The first-order valence-corrected chi connectivity index (χ1v) is 12.1. The summed E-state index contributed by atoms with van der Waals surface area (Å²) in [5.74, 6) is -0.571. The van der Waals surface area contributed by atoms with Crippen molar-refractivity contribution in [1.29, 1.82) is 0 Å². The van der Waals surface area contributed by atoms with Crippen molar-refractivity contribution >= 4 is 23.3 Å². The predicted molar refractivity (Wildman–Crippen MR) is 116 cm³/mol. The maximum absolute atomic E-state index is 11.9. The molecule has 0 aliphatic heterocycles. The molecule has 29 heavy (non-hydrogen) atoms. The molecule has 0 bridgehead atoms. The van der Waals surface area contributed by atoms with Gasteiger partial charge in [0.25, 0.3) is 0 Å². The average Bonchev–Trinajstić information content (AvgIpc) is 3.13. The molecule has 0 N–H and O–H groups in total. The highest BCUT2D eigenvalue weighted by atomic mass is 32.1. The van der Waals surface area contributed by atoms with Crippen molar-refractivity contribution in [1.82, 2.24) is 10.2 Å². The van der Waals surface area contributed by atoms with Gasteiger partial charge in [-0.05, 0) is 12.8 Å². The monoisotopic (exact) mass is 426 g/mol. The normalized spacial score (nSPS) is 10.8. The molecule has 1 aromatic heterocycles. The van der Waals surface area contributed by atoms with Crippen molar-refractivity contribution in [2.75, 3.05) is 13.2 Å². The first kappa shape index (κ1) is 25.5. The third-order valence-electron chi connectivity index (χ3n) is 4.62. The Morgan fingerprint density at radius 3 is 1.45 bits per heavy atom. The molecule has 0 aliphatic rings. The van der Waals surface area contributed by atoms with Crippen molar-refractivity contribution < 1.29 is 19.1 Å². The van der Waals surface area contributed by atoms with Gasteiger partial charge in [-0.3, -0.25) is 9.59 Å².